The fraction of sp³-hybridized carbons (Fsp3) is 0.533. The van der Waals surface area contributed by atoms with Gasteiger partial charge in [-0.05, 0) is 25.8 Å². The summed E-state index contributed by atoms with van der Waals surface area (Å²) in [5.74, 6) is 0.267. The Morgan fingerprint density at radius 3 is 3.00 bits per heavy atom. The summed E-state index contributed by atoms with van der Waals surface area (Å²) < 4.78 is 5.80. The number of carbonyl (C=O) groups is 1. The van der Waals surface area contributed by atoms with Crippen molar-refractivity contribution in [1.82, 2.24) is 0 Å². The molecule has 0 amide bonds. The van der Waals surface area contributed by atoms with Gasteiger partial charge in [-0.1, -0.05) is 25.1 Å². The number of ether oxygens (including phenoxy) is 1. The molecule has 0 saturated carbocycles. The minimum atomic E-state index is 0.203. The third-order valence-electron chi connectivity index (χ3n) is 3.23. The first-order chi connectivity index (χ1) is 8.72. The summed E-state index contributed by atoms with van der Waals surface area (Å²) in [6.45, 7) is 5.03. The second-order valence-electron chi connectivity index (χ2n) is 4.69. The molecule has 1 aromatic carbocycles. The third kappa shape index (κ3) is 3.15. The van der Waals surface area contributed by atoms with Crippen molar-refractivity contribution in [3.8, 4) is 0 Å². The second kappa shape index (κ2) is 6.39. The number of carbonyl (C=O) groups excluding carboxylic acids is 1. The van der Waals surface area contributed by atoms with Crippen LogP contribution in [0, 0.1) is 0 Å². The van der Waals surface area contributed by atoms with Crippen molar-refractivity contribution >= 4 is 17.5 Å². The van der Waals surface area contributed by atoms with Crippen LogP contribution in [0.15, 0.2) is 29.2 Å². The van der Waals surface area contributed by atoms with Crippen molar-refractivity contribution in [3.63, 3.8) is 0 Å². The highest BCUT2D eigenvalue weighted by atomic mass is 32.2. The molecule has 2 nitrogen and oxygen atoms in total. The molecule has 1 aliphatic rings. The fourth-order valence-electron chi connectivity index (χ4n) is 2.17. The molecule has 3 heteroatoms. The van der Waals surface area contributed by atoms with Crippen LogP contribution in [0.3, 0.4) is 0 Å². The van der Waals surface area contributed by atoms with E-state index < -0.39 is 0 Å². The number of hydrogen-bond donors (Lipinski definition) is 0. The number of fused-ring (bicyclic) bond motifs is 1. The standard InChI is InChI=1S/C15H20O2S/c1-3-10-17-11(2)14-9-8-13(16)12-6-4-5-7-15(12)18-14/h4-7,11,14H,3,8-10H2,1-2H3/t11?,14-/m1/s1. The lowest BCUT2D eigenvalue weighted by atomic mass is 10.0. The van der Waals surface area contributed by atoms with Crippen LogP contribution in [-0.4, -0.2) is 23.7 Å². The molecule has 0 radical (unpaired) electrons. The van der Waals surface area contributed by atoms with Crippen molar-refractivity contribution in [1.29, 1.82) is 0 Å². The Bertz CT molecular complexity index is 417. The van der Waals surface area contributed by atoms with Crippen molar-refractivity contribution in [3.05, 3.63) is 29.8 Å². The highest BCUT2D eigenvalue weighted by molar-refractivity contribution is 8.00. The molecule has 98 valence electrons. The smallest absolute Gasteiger partial charge is 0.164 e. The molecule has 0 fully saturated rings. The van der Waals surface area contributed by atoms with Crippen LogP contribution < -0.4 is 0 Å². The van der Waals surface area contributed by atoms with Crippen LogP contribution in [0.5, 0.6) is 0 Å². The van der Waals surface area contributed by atoms with Gasteiger partial charge in [-0.2, -0.15) is 0 Å². The highest BCUT2D eigenvalue weighted by Crippen LogP contribution is 2.36. The number of ketones is 1. The van der Waals surface area contributed by atoms with Crippen LogP contribution in [-0.2, 0) is 4.74 Å². The number of Topliss-reactive ketones (excluding diaryl/α,β-unsaturated/α-hetero) is 1. The molecule has 0 saturated heterocycles. The van der Waals surface area contributed by atoms with E-state index in [1.807, 2.05) is 24.3 Å². The second-order valence-corrected chi connectivity index (χ2v) is 5.97. The molecular formula is C15H20O2S. The summed E-state index contributed by atoms with van der Waals surface area (Å²) in [6, 6.07) is 7.92. The van der Waals surface area contributed by atoms with Gasteiger partial charge in [0.15, 0.2) is 5.78 Å². The van der Waals surface area contributed by atoms with Crippen LogP contribution in [0.2, 0.25) is 0 Å². The van der Waals surface area contributed by atoms with Gasteiger partial charge in [-0.15, -0.1) is 11.8 Å². The summed E-state index contributed by atoms with van der Waals surface area (Å²) in [4.78, 5) is 13.1. The molecule has 0 bridgehead atoms. The van der Waals surface area contributed by atoms with Crippen molar-refractivity contribution in [2.75, 3.05) is 6.61 Å². The molecular weight excluding hydrogens is 244 g/mol. The average molecular weight is 264 g/mol. The first kappa shape index (κ1) is 13.6. The van der Waals surface area contributed by atoms with E-state index >= 15 is 0 Å². The quantitative estimate of drug-likeness (QED) is 0.824. The molecule has 0 spiro atoms. The van der Waals surface area contributed by atoms with Crippen LogP contribution in [0.4, 0.5) is 0 Å². The normalized spacial score (nSPS) is 21.2. The Hall–Kier alpha value is -0.800. The SMILES string of the molecule is CCCOC(C)[C@H]1CCC(=O)c2ccccc2S1. The Morgan fingerprint density at radius 2 is 2.22 bits per heavy atom. The highest BCUT2D eigenvalue weighted by Gasteiger charge is 2.26. The van der Waals surface area contributed by atoms with Gasteiger partial charge in [-0.25, -0.2) is 0 Å². The van der Waals surface area contributed by atoms with E-state index in [1.165, 1.54) is 0 Å². The van der Waals surface area contributed by atoms with Gasteiger partial charge in [-0.3, -0.25) is 4.79 Å². The monoisotopic (exact) mass is 264 g/mol. The number of hydrogen-bond acceptors (Lipinski definition) is 3. The lowest BCUT2D eigenvalue weighted by Crippen LogP contribution is -2.23. The third-order valence-corrected chi connectivity index (χ3v) is 4.76. The summed E-state index contributed by atoms with van der Waals surface area (Å²) >= 11 is 1.79. The molecule has 1 aromatic rings. The largest absolute Gasteiger partial charge is 0.377 e. The predicted octanol–water partition coefficient (Wildman–Crippen LogP) is 3.94. The summed E-state index contributed by atoms with van der Waals surface area (Å²) in [5, 5.41) is 0.379. The van der Waals surface area contributed by atoms with E-state index in [0.717, 1.165) is 29.9 Å². The fourth-order valence-corrected chi connectivity index (χ4v) is 3.47. The van der Waals surface area contributed by atoms with E-state index in [1.54, 1.807) is 11.8 Å². The van der Waals surface area contributed by atoms with Crippen LogP contribution in [0.25, 0.3) is 0 Å². The van der Waals surface area contributed by atoms with Crippen molar-refractivity contribution < 1.29 is 9.53 Å². The average Bonchev–Trinajstić information content (AvgIpc) is 2.56. The Morgan fingerprint density at radius 1 is 1.44 bits per heavy atom. The van der Waals surface area contributed by atoms with Gasteiger partial charge >= 0.3 is 0 Å². The first-order valence-corrected chi connectivity index (χ1v) is 7.50. The first-order valence-electron chi connectivity index (χ1n) is 6.63. The van der Waals surface area contributed by atoms with Crippen molar-refractivity contribution in [2.24, 2.45) is 0 Å². The predicted molar refractivity (Wildman–Crippen MR) is 75.4 cm³/mol. The zero-order valence-electron chi connectivity index (χ0n) is 11.0. The maximum atomic E-state index is 12.0. The number of rotatable bonds is 4. The Kier molecular flexibility index (Phi) is 4.84. The Balaban J connectivity index is 2.12. The molecule has 1 unspecified atom stereocenters. The molecule has 18 heavy (non-hydrogen) atoms. The maximum absolute atomic E-state index is 12.0. The number of benzene rings is 1. The minimum Gasteiger partial charge on any atom is -0.377 e. The molecule has 1 heterocycles. The molecule has 0 N–H and O–H groups in total. The zero-order chi connectivity index (χ0) is 13.0. The summed E-state index contributed by atoms with van der Waals surface area (Å²) in [6.07, 6.45) is 2.78. The van der Waals surface area contributed by atoms with Gasteiger partial charge in [0.05, 0.1) is 6.10 Å². The van der Waals surface area contributed by atoms with Gasteiger partial charge in [0.25, 0.3) is 0 Å². The van der Waals surface area contributed by atoms with E-state index in [-0.39, 0.29) is 11.9 Å². The lowest BCUT2D eigenvalue weighted by Gasteiger charge is -2.22. The maximum Gasteiger partial charge on any atom is 0.164 e. The minimum absolute atomic E-state index is 0.203. The van der Waals surface area contributed by atoms with Gasteiger partial charge in [0.2, 0.25) is 0 Å². The lowest BCUT2D eigenvalue weighted by molar-refractivity contribution is 0.0629. The van der Waals surface area contributed by atoms with E-state index in [9.17, 15) is 4.79 Å². The van der Waals surface area contributed by atoms with Crippen molar-refractivity contribution in [2.45, 2.75) is 49.4 Å². The summed E-state index contributed by atoms with van der Waals surface area (Å²) in [7, 11) is 0. The molecule has 2 atom stereocenters. The molecule has 0 aliphatic carbocycles. The topological polar surface area (TPSA) is 26.3 Å². The Labute approximate surface area is 113 Å². The molecule has 2 rings (SSSR count). The van der Waals surface area contributed by atoms with Gasteiger partial charge in [0, 0.05) is 28.7 Å². The van der Waals surface area contributed by atoms with E-state index in [4.69, 9.17) is 4.74 Å². The van der Waals surface area contributed by atoms with Gasteiger partial charge < -0.3 is 4.74 Å². The summed E-state index contributed by atoms with van der Waals surface area (Å²) in [5.41, 5.74) is 0.882. The van der Waals surface area contributed by atoms with E-state index in [0.29, 0.717) is 11.7 Å². The van der Waals surface area contributed by atoms with Crippen LogP contribution in [0.1, 0.15) is 43.5 Å². The van der Waals surface area contributed by atoms with E-state index in [2.05, 4.69) is 13.8 Å². The van der Waals surface area contributed by atoms with Gasteiger partial charge in [0.1, 0.15) is 0 Å². The molecule has 0 aromatic heterocycles. The molecule has 1 aliphatic heterocycles. The zero-order valence-corrected chi connectivity index (χ0v) is 11.8. The van der Waals surface area contributed by atoms with Crippen LogP contribution >= 0.6 is 11.8 Å². The number of thioether (sulfide) groups is 1.